The Balaban J connectivity index is 2.05. The van der Waals surface area contributed by atoms with Crippen molar-refractivity contribution in [2.75, 3.05) is 5.43 Å². The standard InChI is InChI=1S/C14H21FN4O/c1-8-3-4-10(7-9(8)2)18-14(20)11-5-6-17-13(19-16)12(11)15/h5-6,8-10H,3-4,7,16H2,1-2H3,(H,17,19)(H,18,20). The van der Waals surface area contributed by atoms with E-state index in [1.165, 1.54) is 12.3 Å². The lowest BCUT2D eigenvalue weighted by Crippen LogP contribution is -2.40. The van der Waals surface area contributed by atoms with Crippen molar-refractivity contribution in [2.45, 2.75) is 39.2 Å². The Morgan fingerprint density at radius 3 is 2.80 bits per heavy atom. The van der Waals surface area contributed by atoms with Gasteiger partial charge in [0.15, 0.2) is 11.6 Å². The van der Waals surface area contributed by atoms with Crippen LogP contribution >= 0.6 is 0 Å². The summed E-state index contributed by atoms with van der Waals surface area (Å²) in [7, 11) is 0. The maximum absolute atomic E-state index is 14.0. The molecule has 1 aliphatic carbocycles. The van der Waals surface area contributed by atoms with E-state index in [1.54, 1.807) is 0 Å². The molecular weight excluding hydrogens is 259 g/mol. The van der Waals surface area contributed by atoms with E-state index in [2.05, 4.69) is 29.6 Å². The zero-order chi connectivity index (χ0) is 14.7. The Morgan fingerprint density at radius 1 is 1.40 bits per heavy atom. The molecule has 5 nitrogen and oxygen atoms in total. The topological polar surface area (TPSA) is 80.0 Å². The number of hydrogen-bond acceptors (Lipinski definition) is 4. The molecule has 3 atom stereocenters. The Labute approximate surface area is 118 Å². The van der Waals surface area contributed by atoms with Crippen molar-refractivity contribution < 1.29 is 9.18 Å². The number of halogens is 1. The molecule has 1 heterocycles. The molecule has 0 aliphatic heterocycles. The number of pyridine rings is 1. The number of aromatic nitrogens is 1. The lowest BCUT2D eigenvalue weighted by atomic mass is 9.79. The lowest BCUT2D eigenvalue weighted by molar-refractivity contribution is 0.0906. The van der Waals surface area contributed by atoms with Crippen LogP contribution < -0.4 is 16.6 Å². The third kappa shape index (κ3) is 3.07. The number of nitrogens with two attached hydrogens (primary N) is 1. The van der Waals surface area contributed by atoms with E-state index in [-0.39, 0.29) is 17.4 Å². The molecule has 0 bridgehead atoms. The molecule has 0 radical (unpaired) electrons. The number of hydrogen-bond donors (Lipinski definition) is 3. The van der Waals surface area contributed by atoms with Crippen LogP contribution in [0.1, 0.15) is 43.5 Å². The van der Waals surface area contributed by atoms with Crippen molar-refractivity contribution in [3.8, 4) is 0 Å². The normalized spacial score (nSPS) is 26.1. The molecule has 110 valence electrons. The van der Waals surface area contributed by atoms with E-state index >= 15 is 0 Å². The van der Waals surface area contributed by atoms with Gasteiger partial charge in [-0.25, -0.2) is 15.2 Å². The van der Waals surface area contributed by atoms with Gasteiger partial charge in [-0.1, -0.05) is 13.8 Å². The fourth-order valence-electron chi connectivity index (χ4n) is 2.66. The summed E-state index contributed by atoms with van der Waals surface area (Å²) >= 11 is 0. The summed E-state index contributed by atoms with van der Waals surface area (Å²) in [6.45, 7) is 4.41. The highest BCUT2D eigenvalue weighted by atomic mass is 19.1. The minimum absolute atomic E-state index is 0.0285. The van der Waals surface area contributed by atoms with Crippen LogP contribution in [0.4, 0.5) is 10.2 Å². The third-order valence-corrected chi connectivity index (χ3v) is 4.20. The number of amides is 1. The molecule has 1 aromatic rings. The highest BCUT2D eigenvalue weighted by Crippen LogP contribution is 2.29. The molecule has 20 heavy (non-hydrogen) atoms. The molecule has 1 fully saturated rings. The van der Waals surface area contributed by atoms with Gasteiger partial charge in [0.2, 0.25) is 0 Å². The summed E-state index contributed by atoms with van der Waals surface area (Å²) in [5, 5.41) is 2.90. The molecule has 1 aromatic heterocycles. The van der Waals surface area contributed by atoms with E-state index in [9.17, 15) is 9.18 Å². The first-order chi connectivity index (χ1) is 9.52. The van der Waals surface area contributed by atoms with Gasteiger partial charge in [-0.3, -0.25) is 4.79 Å². The lowest BCUT2D eigenvalue weighted by Gasteiger charge is -2.32. The van der Waals surface area contributed by atoms with Crippen molar-refractivity contribution >= 4 is 11.7 Å². The van der Waals surface area contributed by atoms with Gasteiger partial charge >= 0.3 is 0 Å². The van der Waals surface area contributed by atoms with Gasteiger partial charge in [-0.2, -0.15) is 0 Å². The Bertz CT molecular complexity index is 494. The van der Waals surface area contributed by atoms with Crippen LogP contribution in [-0.2, 0) is 0 Å². The van der Waals surface area contributed by atoms with Gasteiger partial charge in [0.25, 0.3) is 5.91 Å². The SMILES string of the molecule is CC1CCC(NC(=O)c2ccnc(NN)c2F)CC1C. The van der Waals surface area contributed by atoms with Crippen LogP contribution in [0.25, 0.3) is 0 Å². The van der Waals surface area contributed by atoms with Crippen molar-refractivity contribution in [1.82, 2.24) is 10.3 Å². The van der Waals surface area contributed by atoms with Crippen LogP contribution in [0, 0.1) is 17.7 Å². The fraction of sp³-hybridized carbons (Fsp3) is 0.571. The molecule has 6 heteroatoms. The second-order valence-corrected chi connectivity index (χ2v) is 5.60. The molecule has 0 aromatic carbocycles. The second-order valence-electron chi connectivity index (χ2n) is 5.60. The van der Waals surface area contributed by atoms with E-state index < -0.39 is 11.7 Å². The van der Waals surface area contributed by atoms with Gasteiger partial charge in [-0.15, -0.1) is 0 Å². The first-order valence-corrected chi connectivity index (χ1v) is 6.95. The minimum Gasteiger partial charge on any atom is -0.349 e. The van der Waals surface area contributed by atoms with Crippen LogP contribution in [0.3, 0.4) is 0 Å². The number of hydrazine groups is 1. The highest BCUT2D eigenvalue weighted by Gasteiger charge is 2.26. The van der Waals surface area contributed by atoms with Gasteiger partial charge in [0, 0.05) is 12.2 Å². The molecule has 1 aliphatic rings. The number of nitrogens with zero attached hydrogens (tertiary/aromatic N) is 1. The van der Waals surface area contributed by atoms with Crippen LogP contribution in [-0.4, -0.2) is 16.9 Å². The van der Waals surface area contributed by atoms with Gasteiger partial charge < -0.3 is 10.7 Å². The van der Waals surface area contributed by atoms with Crippen molar-refractivity contribution in [3.05, 3.63) is 23.6 Å². The summed E-state index contributed by atoms with van der Waals surface area (Å²) in [6.07, 6.45) is 4.31. The largest absolute Gasteiger partial charge is 0.349 e. The van der Waals surface area contributed by atoms with Crippen LogP contribution in [0.2, 0.25) is 0 Å². The quantitative estimate of drug-likeness (QED) is 0.585. The fourth-order valence-corrected chi connectivity index (χ4v) is 2.66. The number of carbonyl (C=O) groups excluding carboxylic acids is 1. The Hall–Kier alpha value is -1.69. The van der Waals surface area contributed by atoms with Crippen molar-refractivity contribution in [2.24, 2.45) is 17.7 Å². The number of carbonyl (C=O) groups is 1. The maximum Gasteiger partial charge on any atom is 0.254 e. The highest BCUT2D eigenvalue weighted by molar-refractivity contribution is 5.95. The summed E-state index contributed by atoms with van der Waals surface area (Å²) in [4.78, 5) is 15.9. The average Bonchev–Trinajstić information content (AvgIpc) is 2.43. The van der Waals surface area contributed by atoms with Gasteiger partial charge in [-0.05, 0) is 37.2 Å². The predicted molar refractivity (Wildman–Crippen MR) is 75.4 cm³/mol. The van der Waals surface area contributed by atoms with Gasteiger partial charge in [0.05, 0.1) is 5.56 Å². The number of nitrogens with one attached hydrogen (secondary N) is 2. The number of anilines is 1. The Morgan fingerprint density at radius 2 is 2.15 bits per heavy atom. The van der Waals surface area contributed by atoms with E-state index in [0.717, 1.165) is 19.3 Å². The predicted octanol–water partition coefficient (Wildman–Crippen LogP) is 2.06. The summed E-state index contributed by atoms with van der Waals surface area (Å²) < 4.78 is 14.0. The number of nitrogen functional groups attached to an aromatic ring is 1. The Kier molecular flexibility index (Phi) is 4.54. The van der Waals surface area contributed by atoms with Gasteiger partial charge in [0.1, 0.15) is 0 Å². The average molecular weight is 280 g/mol. The summed E-state index contributed by atoms with van der Waals surface area (Å²) in [5.74, 6) is 5.15. The molecule has 1 amide bonds. The summed E-state index contributed by atoms with van der Waals surface area (Å²) in [6, 6.07) is 1.47. The van der Waals surface area contributed by atoms with Crippen molar-refractivity contribution in [3.63, 3.8) is 0 Å². The first kappa shape index (κ1) is 14.7. The van der Waals surface area contributed by atoms with Crippen LogP contribution in [0.15, 0.2) is 12.3 Å². The van der Waals surface area contributed by atoms with Crippen LogP contribution in [0.5, 0.6) is 0 Å². The number of rotatable bonds is 3. The zero-order valence-corrected chi connectivity index (χ0v) is 11.8. The van der Waals surface area contributed by atoms with E-state index in [1.807, 2.05) is 0 Å². The molecular formula is C14H21FN4O. The molecule has 1 saturated carbocycles. The van der Waals surface area contributed by atoms with E-state index in [0.29, 0.717) is 11.8 Å². The monoisotopic (exact) mass is 280 g/mol. The smallest absolute Gasteiger partial charge is 0.254 e. The third-order valence-electron chi connectivity index (χ3n) is 4.20. The summed E-state index contributed by atoms with van der Waals surface area (Å²) in [5.41, 5.74) is 2.11. The van der Waals surface area contributed by atoms with E-state index in [4.69, 9.17) is 5.84 Å². The van der Waals surface area contributed by atoms with Crippen molar-refractivity contribution in [1.29, 1.82) is 0 Å². The molecule has 4 N–H and O–H groups in total. The molecule has 3 unspecified atom stereocenters. The second kappa shape index (κ2) is 6.17. The minimum atomic E-state index is -0.718. The maximum atomic E-state index is 14.0. The zero-order valence-electron chi connectivity index (χ0n) is 11.8. The molecule has 0 spiro atoms. The first-order valence-electron chi connectivity index (χ1n) is 6.95. The molecule has 0 saturated heterocycles. The molecule has 2 rings (SSSR count).